The van der Waals surface area contributed by atoms with Crippen LogP contribution in [-0.2, 0) is 4.79 Å². The maximum absolute atomic E-state index is 11.1. The second-order valence-corrected chi connectivity index (χ2v) is 2.91. The molecule has 1 aromatic rings. The molecular weight excluding hydrogens is 190 g/mol. The van der Waals surface area contributed by atoms with Gasteiger partial charge >= 0.3 is 0 Å². The summed E-state index contributed by atoms with van der Waals surface area (Å²) >= 11 is 5.65. The van der Waals surface area contributed by atoms with Gasteiger partial charge in [0, 0.05) is 5.02 Å². The molecule has 0 bridgehead atoms. The summed E-state index contributed by atoms with van der Waals surface area (Å²) < 4.78 is 0. The van der Waals surface area contributed by atoms with Gasteiger partial charge in [0.05, 0.1) is 11.3 Å². The van der Waals surface area contributed by atoms with Crippen molar-refractivity contribution in [3.63, 3.8) is 0 Å². The van der Waals surface area contributed by atoms with Gasteiger partial charge in [0.25, 0.3) is 11.7 Å². The van der Waals surface area contributed by atoms with Gasteiger partial charge < -0.3 is 5.32 Å². The van der Waals surface area contributed by atoms with Crippen molar-refractivity contribution in [3.05, 3.63) is 28.8 Å². The molecule has 1 heterocycles. The van der Waals surface area contributed by atoms with Crippen LogP contribution in [0.5, 0.6) is 0 Å². The number of carbonyl (C=O) groups excluding carboxylic acids is 2. The van der Waals surface area contributed by atoms with Gasteiger partial charge in [0.1, 0.15) is 0 Å². The SMILES string of the molecule is C.O=C1Nc2ccc(Cl)cc2C1=O. The first-order valence-corrected chi connectivity index (χ1v) is 3.71. The summed E-state index contributed by atoms with van der Waals surface area (Å²) in [5, 5.41) is 2.88. The highest BCUT2D eigenvalue weighted by atomic mass is 35.5. The zero-order valence-corrected chi connectivity index (χ0v) is 6.68. The maximum atomic E-state index is 11.1. The minimum absolute atomic E-state index is 0. The van der Waals surface area contributed by atoms with Crippen LogP contribution in [0, 0.1) is 0 Å². The predicted molar refractivity (Wildman–Crippen MR) is 51.1 cm³/mol. The number of benzene rings is 1. The molecule has 0 radical (unpaired) electrons. The Kier molecular flexibility index (Phi) is 2.38. The van der Waals surface area contributed by atoms with E-state index < -0.39 is 11.7 Å². The van der Waals surface area contributed by atoms with Crippen LogP contribution in [0.15, 0.2) is 18.2 Å². The van der Waals surface area contributed by atoms with Crippen molar-refractivity contribution in [2.75, 3.05) is 5.32 Å². The number of rotatable bonds is 0. The van der Waals surface area contributed by atoms with Crippen molar-refractivity contribution in [3.8, 4) is 0 Å². The Labute approximate surface area is 80.7 Å². The van der Waals surface area contributed by atoms with E-state index in [1.54, 1.807) is 12.1 Å². The van der Waals surface area contributed by atoms with Crippen LogP contribution in [0.4, 0.5) is 5.69 Å². The molecule has 1 aliphatic heterocycles. The number of hydrogen-bond acceptors (Lipinski definition) is 2. The Hall–Kier alpha value is -1.35. The van der Waals surface area contributed by atoms with Crippen LogP contribution in [0.3, 0.4) is 0 Å². The smallest absolute Gasteiger partial charge is 0.296 e. The van der Waals surface area contributed by atoms with E-state index in [4.69, 9.17) is 11.6 Å². The summed E-state index contributed by atoms with van der Waals surface area (Å²) in [5.74, 6) is -1.11. The highest BCUT2D eigenvalue weighted by Gasteiger charge is 2.27. The van der Waals surface area contributed by atoms with Crippen LogP contribution in [0.2, 0.25) is 5.02 Å². The van der Waals surface area contributed by atoms with Crippen molar-refractivity contribution >= 4 is 29.0 Å². The molecule has 1 N–H and O–H groups in total. The molecule has 0 spiro atoms. The van der Waals surface area contributed by atoms with Crippen molar-refractivity contribution in [2.24, 2.45) is 0 Å². The monoisotopic (exact) mass is 197 g/mol. The van der Waals surface area contributed by atoms with Crippen LogP contribution in [0.1, 0.15) is 17.8 Å². The molecule has 2 rings (SSSR count). The molecule has 4 heteroatoms. The number of anilines is 1. The van der Waals surface area contributed by atoms with E-state index in [0.717, 1.165) is 0 Å². The van der Waals surface area contributed by atoms with Crippen molar-refractivity contribution in [1.82, 2.24) is 0 Å². The standard InChI is InChI=1S/C8H4ClNO2.CH4/c9-4-1-2-6-5(3-4)7(11)8(12)10-6;/h1-3H,(H,10,11,12);1H4. The number of hydrogen-bond donors (Lipinski definition) is 1. The van der Waals surface area contributed by atoms with E-state index in [2.05, 4.69) is 5.32 Å². The first kappa shape index (κ1) is 9.74. The summed E-state index contributed by atoms with van der Waals surface area (Å²) in [4.78, 5) is 21.9. The van der Waals surface area contributed by atoms with Crippen molar-refractivity contribution in [2.45, 2.75) is 7.43 Å². The Morgan fingerprint density at radius 3 is 2.62 bits per heavy atom. The minimum Gasteiger partial charge on any atom is -0.318 e. The van der Waals surface area contributed by atoms with E-state index >= 15 is 0 Å². The van der Waals surface area contributed by atoms with Gasteiger partial charge in [-0.3, -0.25) is 9.59 Å². The molecule has 0 aliphatic carbocycles. The lowest BCUT2D eigenvalue weighted by molar-refractivity contribution is -0.112. The van der Waals surface area contributed by atoms with E-state index in [1.165, 1.54) is 6.07 Å². The van der Waals surface area contributed by atoms with Crippen LogP contribution in [-0.4, -0.2) is 11.7 Å². The van der Waals surface area contributed by atoms with Crippen molar-refractivity contribution in [1.29, 1.82) is 0 Å². The van der Waals surface area contributed by atoms with Gasteiger partial charge in [-0.1, -0.05) is 19.0 Å². The molecule has 1 aromatic carbocycles. The second-order valence-electron chi connectivity index (χ2n) is 2.47. The third-order valence-electron chi connectivity index (χ3n) is 1.68. The topological polar surface area (TPSA) is 46.2 Å². The molecule has 1 amide bonds. The highest BCUT2D eigenvalue weighted by molar-refractivity contribution is 6.52. The number of amides is 1. The van der Waals surface area contributed by atoms with Gasteiger partial charge in [-0.15, -0.1) is 0 Å². The lowest BCUT2D eigenvalue weighted by atomic mass is 10.1. The van der Waals surface area contributed by atoms with E-state index in [-0.39, 0.29) is 7.43 Å². The number of nitrogens with one attached hydrogen (secondary N) is 1. The van der Waals surface area contributed by atoms with Crippen LogP contribution < -0.4 is 5.32 Å². The molecule has 0 aromatic heterocycles. The fourth-order valence-electron chi connectivity index (χ4n) is 1.11. The van der Waals surface area contributed by atoms with E-state index in [0.29, 0.717) is 16.3 Å². The number of carbonyl (C=O) groups is 2. The summed E-state index contributed by atoms with van der Waals surface area (Å²) in [6.07, 6.45) is 0. The minimum atomic E-state index is -0.590. The van der Waals surface area contributed by atoms with Gasteiger partial charge in [0.2, 0.25) is 0 Å². The zero-order valence-electron chi connectivity index (χ0n) is 5.93. The molecule has 1 aliphatic rings. The predicted octanol–water partition coefficient (Wildman–Crippen LogP) is 2.11. The molecule has 0 saturated heterocycles. The third-order valence-corrected chi connectivity index (χ3v) is 1.92. The zero-order chi connectivity index (χ0) is 8.72. The molecule has 13 heavy (non-hydrogen) atoms. The van der Waals surface area contributed by atoms with Gasteiger partial charge in [-0.2, -0.15) is 0 Å². The summed E-state index contributed by atoms with van der Waals surface area (Å²) in [6.45, 7) is 0. The average molecular weight is 198 g/mol. The lowest BCUT2D eigenvalue weighted by Crippen LogP contribution is -2.12. The van der Waals surface area contributed by atoms with E-state index in [1.807, 2.05) is 0 Å². The Morgan fingerprint density at radius 1 is 1.23 bits per heavy atom. The summed E-state index contributed by atoms with van der Waals surface area (Å²) in [7, 11) is 0. The molecule has 0 fully saturated rings. The second kappa shape index (κ2) is 3.18. The molecule has 68 valence electrons. The Balaban J connectivity index is 0.000000845. The normalized spacial score (nSPS) is 13.3. The van der Waals surface area contributed by atoms with Gasteiger partial charge in [-0.05, 0) is 18.2 Å². The number of fused-ring (bicyclic) bond motifs is 1. The van der Waals surface area contributed by atoms with Crippen LogP contribution in [0.25, 0.3) is 0 Å². The fraction of sp³-hybridized carbons (Fsp3) is 0.111. The lowest BCUT2D eigenvalue weighted by Gasteiger charge is -1.94. The van der Waals surface area contributed by atoms with Crippen molar-refractivity contribution < 1.29 is 9.59 Å². The van der Waals surface area contributed by atoms with Gasteiger partial charge in [0.15, 0.2) is 0 Å². The number of halogens is 1. The first-order valence-electron chi connectivity index (χ1n) is 3.34. The third kappa shape index (κ3) is 1.42. The average Bonchev–Trinajstić information content (AvgIpc) is 2.31. The molecule has 0 saturated carbocycles. The Bertz CT molecular complexity index is 387. The van der Waals surface area contributed by atoms with Gasteiger partial charge in [-0.25, -0.2) is 0 Å². The quantitative estimate of drug-likeness (QED) is 0.648. The molecular formula is C9H8ClNO2. The highest BCUT2D eigenvalue weighted by Crippen LogP contribution is 2.25. The number of ketones is 1. The number of Topliss-reactive ketones (excluding diaryl/α,β-unsaturated/α-hetero) is 1. The summed E-state index contributed by atoms with van der Waals surface area (Å²) in [5.41, 5.74) is 0.891. The Morgan fingerprint density at radius 2 is 1.92 bits per heavy atom. The van der Waals surface area contributed by atoms with E-state index in [9.17, 15) is 9.59 Å². The molecule has 3 nitrogen and oxygen atoms in total. The first-order chi connectivity index (χ1) is 5.68. The molecule has 0 atom stereocenters. The fourth-order valence-corrected chi connectivity index (χ4v) is 1.29. The largest absolute Gasteiger partial charge is 0.318 e. The summed E-state index contributed by atoms with van der Waals surface area (Å²) in [6, 6.07) is 4.72. The molecule has 0 unspecified atom stereocenters. The van der Waals surface area contributed by atoms with Crippen LogP contribution >= 0.6 is 11.6 Å². The maximum Gasteiger partial charge on any atom is 0.296 e.